The highest BCUT2D eigenvalue weighted by molar-refractivity contribution is 6.02. The van der Waals surface area contributed by atoms with E-state index in [1.165, 1.54) is 6.07 Å². The van der Waals surface area contributed by atoms with Crippen molar-refractivity contribution in [3.63, 3.8) is 0 Å². The number of para-hydroxylation sites is 1. The lowest BCUT2D eigenvalue weighted by Crippen LogP contribution is -2.30. The molecule has 188 valence electrons. The number of fused-ring (bicyclic) bond motifs is 2. The largest absolute Gasteiger partial charge is 0.486 e. The van der Waals surface area contributed by atoms with Gasteiger partial charge in [-0.25, -0.2) is 4.79 Å². The van der Waals surface area contributed by atoms with Crippen molar-refractivity contribution in [3.05, 3.63) is 93.6 Å². The molecule has 1 amide bonds. The molecule has 8 nitrogen and oxygen atoms in total. The summed E-state index contributed by atoms with van der Waals surface area (Å²) in [6, 6.07) is 19.5. The molecule has 0 fully saturated rings. The number of ether oxygens (including phenoxy) is 3. The fraction of sp³-hybridized carbons (Fsp3) is 0.207. The molecule has 2 heterocycles. The van der Waals surface area contributed by atoms with Crippen LogP contribution in [0.3, 0.4) is 0 Å². The van der Waals surface area contributed by atoms with Crippen molar-refractivity contribution in [2.75, 3.05) is 26.4 Å². The van der Waals surface area contributed by atoms with Crippen LogP contribution in [0.5, 0.6) is 11.5 Å². The van der Waals surface area contributed by atoms with Crippen LogP contribution in [-0.2, 0) is 16.0 Å². The Morgan fingerprint density at radius 1 is 0.946 bits per heavy atom. The minimum Gasteiger partial charge on any atom is -0.486 e. The molecule has 0 aliphatic carbocycles. The molecule has 1 aromatic heterocycles. The first-order valence-corrected chi connectivity index (χ1v) is 12.0. The monoisotopic (exact) mass is 499 g/mol. The summed E-state index contributed by atoms with van der Waals surface area (Å²) in [4.78, 5) is 38.1. The van der Waals surface area contributed by atoms with E-state index in [1.54, 1.807) is 19.1 Å². The van der Waals surface area contributed by atoms with Gasteiger partial charge in [0.25, 0.3) is 5.91 Å². The number of hydrogen-bond donors (Lipinski definition) is 1. The maximum Gasteiger partial charge on any atom is 0.342 e. The van der Waals surface area contributed by atoms with Crippen LogP contribution in [0.1, 0.15) is 21.5 Å². The van der Waals surface area contributed by atoms with E-state index in [2.05, 4.69) is 5.32 Å². The fourth-order valence-electron chi connectivity index (χ4n) is 4.18. The lowest BCUT2D eigenvalue weighted by Gasteiger charge is -2.18. The molecule has 0 saturated carbocycles. The third-order valence-corrected chi connectivity index (χ3v) is 6.08. The van der Waals surface area contributed by atoms with Crippen molar-refractivity contribution in [2.24, 2.45) is 0 Å². The van der Waals surface area contributed by atoms with E-state index in [-0.39, 0.29) is 22.0 Å². The lowest BCUT2D eigenvalue weighted by atomic mass is 10.0. The van der Waals surface area contributed by atoms with Crippen molar-refractivity contribution >= 4 is 22.8 Å². The second-order valence-corrected chi connectivity index (χ2v) is 8.59. The highest BCUT2D eigenvalue weighted by atomic mass is 16.6. The third-order valence-electron chi connectivity index (χ3n) is 6.08. The zero-order valence-electron chi connectivity index (χ0n) is 20.2. The second kappa shape index (κ2) is 10.6. The summed E-state index contributed by atoms with van der Waals surface area (Å²) in [6.45, 7) is 2.62. The van der Waals surface area contributed by atoms with Gasteiger partial charge in [0, 0.05) is 17.7 Å². The van der Waals surface area contributed by atoms with Gasteiger partial charge in [-0.2, -0.15) is 0 Å². The molecule has 37 heavy (non-hydrogen) atoms. The molecule has 0 unspecified atom stereocenters. The van der Waals surface area contributed by atoms with Gasteiger partial charge in [0.15, 0.2) is 29.1 Å². The Morgan fingerprint density at radius 2 is 1.73 bits per heavy atom. The maximum absolute atomic E-state index is 13.0. The van der Waals surface area contributed by atoms with Crippen molar-refractivity contribution in [2.45, 2.75) is 13.3 Å². The van der Waals surface area contributed by atoms with E-state index in [0.717, 1.165) is 11.1 Å². The Morgan fingerprint density at radius 3 is 2.54 bits per heavy atom. The van der Waals surface area contributed by atoms with Gasteiger partial charge in [0.05, 0.1) is 5.39 Å². The minimum absolute atomic E-state index is 0.0795. The van der Waals surface area contributed by atoms with E-state index in [1.807, 2.05) is 48.5 Å². The summed E-state index contributed by atoms with van der Waals surface area (Å²) < 4.78 is 22.4. The zero-order chi connectivity index (χ0) is 25.8. The van der Waals surface area contributed by atoms with Gasteiger partial charge in [-0.1, -0.05) is 42.5 Å². The highest BCUT2D eigenvalue weighted by Crippen LogP contribution is 2.31. The molecular weight excluding hydrogens is 474 g/mol. The molecule has 5 rings (SSSR count). The first-order valence-electron chi connectivity index (χ1n) is 12.0. The molecule has 1 aliphatic heterocycles. The molecule has 0 atom stereocenters. The first kappa shape index (κ1) is 24.1. The number of carbonyl (C=O) groups excluding carboxylic acids is 2. The van der Waals surface area contributed by atoms with Crippen molar-refractivity contribution < 1.29 is 28.2 Å². The Hall–Kier alpha value is -4.59. The number of hydrogen-bond acceptors (Lipinski definition) is 7. The molecule has 4 aromatic rings. The first-order chi connectivity index (χ1) is 18.0. The van der Waals surface area contributed by atoms with Gasteiger partial charge < -0.3 is 23.9 Å². The van der Waals surface area contributed by atoms with Crippen LogP contribution in [-0.4, -0.2) is 38.2 Å². The maximum atomic E-state index is 13.0. The fourth-order valence-corrected chi connectivity index (χ4v) is 4.18. The second-order valence-electron chi connectivity index (χ2n) is 8.59. The van der Waals surface area contributed by atoms with Gasteiger partial charge in [-0.05, 0) is 43.2 Å². The van der Waals surface area contributed by atoms with E-state index in [9.17, 15) is 14.4 Å². The molecule has 8 heteroatoms. The normalized spacial score (nSPS) is 12.2. The molecular formula is C29H25NO7. The Labute approximate surface area is 212 Å². The molecule has 0 saturated heterocycles. The van der Waals surface area contributed by atoms with Crippen LogP contribution >= 0.6 is 0 Å². The predicted molar refractivity (Wildman–Crippen MR) is 137 cm³/mol. The van der Waals surface area contributed by atoms with E-state index in [4.69, 9.17) is 18.6 Å². The smallest absolute Gasteiger partial charge is 0.342 e. The van der Waals surface area contributed by atoms with Crippen molar-refractivity contribution in [3.8, 4) is 22.8 Å². The van der Waals surface area contributed by atoms with Crippen LogP contribution < -0.4 is 20.2 Å². The van der Waals surface area contributed by atoms with E-state index >= 15 is 0 Å². The Bertz CT molecular complexity index is 1530. The minimum atomic E-state index is -0.751. The van der Waals surface area contributed by atoms with Crippen LogP contribution in [0, 0.1) is 6.92 Å². The van der Waals surface area contributed by atoms with Gasteiger partial charge in [0.1, 0.15) is 24.5 Å². The average Bonchev–Trinajstić information content (AvgIpc) is 2.93. The topological polar surface area (TPSA) is 104 Å². The van der Waals surface area contributed by atoms with E-state index < -0.39 is 18.5 Å². The number of nitrogens with one attached hydrogen (secondary N) is 1. The average molecular weight is 500 g/mol. The number of carbonyl (C=O) groups is 2. The lowest BCUT2D eigenvalue weighted by molar-refractivity contribution is -0.124. The van der Waals surface area contributed by atoms with Gasteiger partial charge >= 0.3 is 5.97 Å². The van der Waals surface area contributed by atoms with Crippen LogP contribution in [0.15, 0.2) is 75.9 Å². The van der Waals surface area contributed by atoms with Crippen molar-refractivity contribution in [1.82, 2.24) is 5.32 Å². The van der Waals surface area contributed by atoms with Crippen molar-refractivity contribution in [1.29, 1.82) is 0 Å². The highest BCUT2D eigenvalue weighted by Gasteiger charge is 2.20. The number of esters is 1. The van der Waals surface area contributed by atoms with Gasteiger partial charge in [0.2, 0.25) is 0 Å². The summed E-state index contributed by atoms with van der Waals surface area (Å²) in [6.07, 6.45) is 0.576. The summed E-state index contributed by atoms with van der Waals surface area (Å²) >= 11 is 0. The summed E-state index contributed by atoms with van der Waals surface area (Å²) in [5.74, 6) is 0.597. The number of benzene rings is 3. The Kier molecular flexibility index (Phi) is 6.89. The van der Waals surface area contributed by atoms with Gasteiger partial charge in [-0.3, -0.25) is 9.59 Å². The zero-order valence-corrected chi connectivity index (χ0v) is 20.2. The molecule has 1 N–H and O–H groups in total. The molecule has 0 spiro atoms. The van der Waals surface area contributed by atoms with Crippen LogP contribution in [0.2, 0.25) is 0 Å². The van der Waals surface area contributed by atoms with Crippen LogP contribution in [0.25, 0.3) is 22.3 Å². The summed E-state index contributed by atoms with van der Waals surface area (Å²) in [5, 5.41) is 3.01. The summed E-state index contributed by atoms with van der Waals surface area (Å²) in [5.41, 5.74) is 2.13. The quantitative estimate of drug-likeness (QED) is 0.383. The van der Waals surface area contributed by atoms with E-state index in [0.29, 0.717) is 49.0 Å². The molecule has 3 aromatic carbocycles. The Balaban J connectivity index is 1.24. The number of amides is 1. The third kappa shape index (κ3) is 5.18. The predicted octanol–water partition coefficient (Wildman–Crippen LogP) is 4.06. The molecule has 0 bridgehead atoms. The SMILES string of the molecule is Cc1c(-c2ccccc2)oc2c(C(=O)OCC(=O)NCCc3ccc4c(c3)OCCO4)cccc2c1=O. The summed E-state index contributed by atoms with van der Waals surface area (Å²) in [7, 11) is 0. The molecule has 1 aliphatic rings. The van der Waals surface area contributed by atoms with Gasteiger partial charge in [-0.15, -0.1) is 0 Å². The molecule has 0 radical (unpaired) electrons. The van der Waals surface area contributed by atoms with Crippen LogP contribution in [0.4, 0.5) is 0 Å². The number of rotatable bonds is 7. The standard InChI is InChI=1S/C29H25NO7/c1-18-26(32)21-8-5-9-22(28(21)37-27(18)20-6-3-2-4-7-20)29(33)36-17-25(31)30-13-12-19-10-11-23-24(16-19)35-15-14-34-23/h2-11,16H,12-15,17H2,1H3,(H,30,31).